The zero-order valence-corrected chi connectivity index (χ0v) is 11.7. The highest BCUT2D eigenvalue weighted by molar-refractivity contribution is 6.63. The molecule has 19 heavy (non-hydrogen) atoms. The van der Waals surface area contributed by atoms with E-state index in [2.05, 4.69) is 0 Å². The van der Waals surface area contributed by atoms with E-state index in [1.54, 1.807) is 0 Å². The molecule has 9 nitrogen and oxygen atoms in total. The van der Waals surface area contributed by atoms with Gasteiger partial charge in [-0.05, 0) is 0 Å². The number of hydrogen-bond acceptors (Lipinski definition) is 6. The summed E-state index contributed by atoms with van der Waals surface area (Å²) >= 11 is 0. The maximum atomic E-state index is 12.1. The lowest BCUT2D eigenvalue weighted by Crippen LogP contribution is -2.88. The van der Waals surface area contributed by atoms with E-state index < -0.39 is 31.2 Å². The molecular formula is C9H13N3O6Si. The van der Waals surface area contributed by atoms with E-state index in [1.807, 2.05) is 0 Å². The fourth-order valence-electron chi connectivity index (χ4n) is 3.12. The van der Waals surface area contributed by atoms with Gasteiger partial charge in [0.05, 0.1) is 0 Å². The molecule has 104 valence electrons. The van der Waals surface area contributed by atoms with Crippen LogP contribution in [0.4, 0.5) is 0 Å². The van der Waals surface area contributed by atoms with Crippen LogP contribution in [0.15, 0.2) is 14.4 Å². The SMILES string of the molecule is CO[Si](OC)(OC)C12CCn3c(=O)n1c(=O)n2c3=O. The van der Waals surface area contributed by atoms with E-state index in [9.17, 15) is 14.4 Å². The van der Waals surface area contributed by atoms with Crippen LogP contribution in [0.3, 0.4) is 0 Å². The molecule has 10 heteroatoms. The van der Waals surface area contributed by atoms with Crippen molar-refractivity contribution in [1.82, 2.24) is 13.7 Å². The minimum absolute atomic E-state index is 0.225. The quantitative estimate of drug-likeness (QED) is 0.569. The number of aromatic nitrogens is 3. The Balaban J connectivity index is 2.40. The van der Waals surface area contributed by atoms with Crippen molar-refractivity contribution in [3.8, 4) is 0 Å². The van der Waals surface area contributed by atoms with Gasteiger partial charge >= 0.3 is 25.9 Å². The third-order valence-electron chi connectivity index (χ3n) is 3.95. The van der Waals surface area contributed by atoms with Crippen LogP contribution in [-0.4, -0.2) is 43.8 Å². The van der Waals surface area contributed by atoms with E-state index in [0.29, 0.717) is 6.42 Å². The predicted molar refractivity (Wildman–Crippen MR) is 64.0 cm³/mol. The summed E-state index contributed by atoms with van der Waals surface area (Å²) in [6, 6.07) is 0. The molecule has 0 N–H and O–H groups in total. The third-order valence-corrected chi connectivity index (χ3v) is 7.24. The van der Waals surface area contributed by atoms with Gasteiger partial charge in [0.1, 0.15) is 0 Å². The summed E-state index contributed by atoms with van der Waals surface area (Å²) in [5.41, 5.74) is -1.91. The molecule has 1 aromatic heterocycles. The molecule has 4 aliphatic rings. The topological polar surface area (TPSA) is 93.7 Å². The summed E-state index contributed by atoms with van der Waals surface area (Å²) in [7, 11) is 0.750. The molecule has 0 aromatic carbocycles. The molecule has 5 heterocycles. The molecule has 0 fully saturated rings. The molecule has 5 rings (SSSR count). The van der Waals surface area contributed by atoms with Gasteiger partial charge in [0.25, 0.3) is 0 Å². The van der Waals surface area contributed by atoms with Gasteiger partial charge < -0.3 is 13.3 Å². The zero-order valence-electron chi connectivity index (χ0n) is 10.7. The van der Waals surface area contributed by atoms with Gasteiger partial charge in [0.15, 0.2) is 0 Å². The van der Waals surface area contributed by atoms with Gasteiger partial charge in [-0.15, -0.1) is 0 Å². The lowest BCUT2D eigenvalue weighted by atomic mass is 10.2. The first-order chi connectivity index (χ1) is 9.00. The predicted octanol–water partition coefficient (Wildman–Crippen LogP) is -2.49. The second-order valence-corrected chi connectivity index (χ2v) is 7.54. The van der Waals surface area contributed by atoms with Crippen LogP contribution >= 0.6 is 0 Å². The van der Waals surface area contributed by atoms with Crippen LogP contribution in [0.2, 0.25) is 0 Å². The van der Waals surface area contributed by atoms with Crippen molar-refractivity contribution >= 4 is 8.80 Å². The number of rotatable bonds is 4. The van der Waals surface area contributed by atoms with Gasteiger partial charge in [-0.25, -0.2) is 28.1 Å². The van der Waals surface area contributed by atoms with Crippen molar-refractivity contribution in [2.45, 2.75) is 18.3 Å². The second-order valence-electron chi connectivity index (χ2n) is 4.41. The van der Waals surface area contributed by atoms with Crippen molar-refractivity contribution < 1.29 is 13.3 Å². The van der Waals surface area contributed by atoms with Crippen molar-refractivity contribution in [3.63, 3.8) is 0 Å². The maximum absolute atomic E-state index is 12.1. The first-order valence-corrected chi connectivity index (χ1v) is 7.38. The number of fused-ring (bicyclic) bond motifs is 1. The van der Waals surface area contributed by atoms with Crippen molar-refractivity contribution in [2.75, 3.05) is 21.3 Å². The molecule has 4 bridgehead atoms. The molecule has 1 aromatic rings. The smallest absolute Gasteiger partial charge is 0.374 e. The largest absolute Gasteiger partial charge is 0.550 e. The van der Waals surface area contributed by atoms with Crippen molar-refractivity contribution in [2.24, 2.45) is 0 Å². The Hall–Kier alpha value is -1.49. The lowest BCUT2D eigenvalue weighted by molar-refractivity contribution is -0.00325. The first kappa shape index (κ1) is 12.5. The van der Waals surface area contributed by atoms with Crippen LogP contribution in [0.25, 0.3) is 0 Å². The normalized spacial score (nSPS) is 18.5. The Morgan fingerprint density at radius 3 is 1.84 bits per heavy atom. The highest BCUT2D eigenvalue weighted by Crippen LogP contribution is 2.37. The molecular weight excluding hydrogens is 274 g/mol. The van der Waals surface area contributed by atoms with E-state index in [-0.39, 0.29) is 6.54 Å². The Labute approximate surface area is 107 Å². The van der Waals surface area contributed by atoms with E-state index in [0.717, 1.165) is 13.7 Å². The molecule has 0 radical (unpaired) electrons. The van der Waals surface area contributed by atoms with Gasteiger partial charge in [-0.2, -0.15) is 0 Å². The molecule has 0 unspecified atom stereocenters. The Bertz CT molecular complexity index is 676. The average Bonchev–Trinajstić information content (AvgIpc) is 2.39. The highest BCUT2D eigenvalue weighted by atomic mass is 28.4. The molecule has 0 amide bonds. The Kier molecular flexibility index (Phi) is 2.33. The summed E-state index contributed by atoms with van der Waals surface area (Å²) in [6.45, 7) is 0.225. The fraction of sp³-hybridized carbons (Fsp3) is 0.667. The van der Waals surface area contributed by atoms with Crippen LogP contribution in [-0.2, 0) is 25.1 Å². The minimum atomic E-state index is -3.40. The van der Waals surface area contributed by atoms with Crippen LogP contribution < -0.4 is 17.1 Å². The minimum Gasteiger partial charge on any atom is -0.374 e. The summed E-state index contributed by atoms with van der Waals surface area (Å²) in [6.07, 6.45) is 0.359. The average molecular weight is 287 g/mol. The van der Waals surface area contributed by atoms with Gasteiger partial charge in [-0.3, -0.25) is 0 Å². The van der Waals surface area contributed by atoms with Gasteiger partial charge in [0, 0.05) is 34.3 Å². The summed E-state index contributed by atoms with van der Waals surface area (Å²) in [4.78, 5) is 36.1. The van der Waals surface area contributed by atoms with Crippen molar-refractivity contribution in [1.29, 1.82) is 0 Å². The monoisotopic (exact) mass is 287 g/mol. The molecule has 0 saturated carbocycles. The fourth-order valence-corrected chi connectivity index (χ4v) is 5.95. The molecule has 0 atom stereocenters. The van der Waals surface area contributed by atoms with Gasteiger partial charge in [-0.1, -0.05) is 0 Å². The van der Waals surface area contributed by atoms with Crippen LogP contribution in [0.5, 0.6) is 0 Å². The third kappa shape index (κ3) is 1.01. The van der Waals surface area contributed by atoms with Crippen LogP contribution in [0, 0.1) is 0 Å². The molecule has 0 aliphatic carbocycles. The molecule has 0 spiro atoms. The maximum Gasteiger partial charge on any atom is 0.550 e. The van der Waals surface area contributed by atoms with E-state index >= 15 is 0 Å². The second kappa shape index (κ2) is 3.54. The zero-order chi connectivity index (χ0) is 14.0. The van der Waals surface area contributed by atoms with E-state index in [4.69, 9.17) is 13.3 Å². The summed E-state index contributed by atoms with van der Waals surface area (Å²) in [5, 5.41) is -1.23. The van der Waals surface area contributed by atoms with Crippen molar-refractivity contribution in [3.05, 3.63) is 31.5 Å². The van der Waals surface area contributed by atoms with Crippen LogP contribution in [0.1, 0.15) is 6.42 Å². The van der Waals surface area contributed by atoms with Gasteiger partial charge in [0.2, 0.25) is 5.29 Å². The summed E-state index contributed by atoms with van der Waals surface area (Å²) in [5.74, 6) is 0. The molecule has 4 aliphatic heterocycles. The Morgan fingerprint density at radius 1 is 0.947 bits per heavy atom. The highest BCUT2D eigenvalue weighted by Gasteiger charge is 2.72. The van der Waals surface area contributed by atoms with E-state index in [1.165, 1.54) is 21.3 Å². The molecule has 0 saturated heterocycles. The number of hydrogen-bond donors (Lipinski definition) is 0. The first-order valence-electron chi connectivity index (χ1n) is 5.66. The summed E-state index contributed by atoms with van der Waals surface area (Å²) < 4.78 is 19.2. The number of nitrogens with zero attached hydrogens (tertiary/aromatic N) is 3. The Morgan fingerprint density at radius 2 is 1.42 bits per heavy atom. The lowest BCUT2D eigenvalue weighted by Gasteiger charge is -2.51. The standard InChI is InChI=1S/C9H13N3O6Si/c1-16-19(17-2,18-3)9-4-5-10-6(13)11(9)8(15)12(9)7(10)14/h4-5H2,1-3H3.